The molecule has 27 heavy (non-hydrogen) atoms. The summed E-state index contributed by atoms with van der Waals surface area (Å²) in [5, 5.41) is 3.79. The fraction of sp³-hybridized carbons (Fsp3) is 0.227. The number of carbonyl (C=O) groups is 1. The van der Waals surface area contributed by atoms with E-state index in [1.54, 1.807) is 19.3 Å². The summed E-state index contributed by atoms with van der Waals surface area (Å²) in [7, 11) is 1.61. The van der Waals surface area contributed by atoms with Crippen molar-refractivity contribution >= 4 is 22.9 Å². The zero-order chi connectivity index (χ0) is 19.4. The molecule has 1 amide bonds. The fourth-order valence-electron chi connectivity index (χ4n) is 3.24. The Labute approximate surface area is 158 Å². The third-order valence-corrected chi connectivity index (χ3v) is 4.62. The minimum Gasteiger partial charge on any atom is -0.497 e. The molecule has 5 heteroatoms. The van der Waals surface area contributed by atoms with Crippen LogP contribution in [0.2, 0.25) is 0 Å². The number of hydrogen-bond acceptors (Lipinski definition) is 2. The second-order valence-corrected chi connectivity index (χ2v) is 6.49. The molecule has 3 rings (SSSR count). The van der Waals surface area contributed by atoms with Gasteiger partial charge >= 0.3 is 0 Å². The molecule has 0 aliphatic rings. The van der Waals surface area contributed by atoms with Crippen LogP contribution in [0.1, 0.15) is 22.4 Å². The molecule has 0 spiro atoms. The van der Waals surface area contributed by atoms with Crippen LogP contribution in [0.3, 0.4) is 0 Å². The van der Waals surface area contributed by atoms with E-state index in [0.29, 0.717) is 18.5 Å². The third-order valence-electron chi connectivity index (χ3n) is 4.62. The monoisotopic (exact) mass is 366 g/mol. The Kier molecular flexibility index (Phi) is 5.60. The van der Waals surface area contributed by atoms with Gasteiger partial charge in [-0.3, -0.25) is 4.79 Å². The Balaban J connectivity index is 1.64. The zero-order valence-electron chi connectivity index (χ0n) is 15.7. The lowest BCUT2D eigenvalue weighted by molar-refractivity contribution is -0.116. The van der Waals surface area contributed by atoms with Gasteiger partial charge in [-0.2, -0.15) is 0 Å². The van der Waals surface area contributed by atoms with E-state index >= 15 is 0 Å². The number of amides is 1. The molecule has 2 N–H and O–H groups in total. The second-order valence-electron chi connectivity index (χ2n) is 6.49. The first-order chi connectivity index (χ1) is 13.0. The van der Waals surface area contributed by atoms with E-state index in [-0.39, 0.29) is 11.7 Å². The molecule has 4 nitrogen and oxygen atoms in total. The predicted molar refractivity (Wildman–Crippen MR) is 106 cm³/mol. The maximum Gasteiger partial charge on any atom is 0.244 e. The van der Waals surface area contributed by atoms with Gasteiger partial charge in [0.05, 0.1) is 12.6 Å². The SMILES string of the molecule is COc1cccc(/C=C/C(=O)NCCc2c(C)[nH]c3c(F)ccc(C)c23)c1. The van der Waals surface area contributed by atoms with Crippen LogP contribution in [0, 0.1) is 19.7 Å². The number of rotatable bonds is 6. The topological polar surface area (TPSA) is 54.1 Å². The summed E-state index contributed by atoms with van der Waals surface area (Å²) in [6.07, 6.45) is 3.88. The normalized spacial score (nSPS) is 11.3. The van der Waals surface area contributed by atoms with E-state index in [9.17, 15) is 9.18 Å². The van der Waals surface area contributed by atoms with Gasteiger partial charge in [0.1, 0.15) is 11.6 Å². The highest BCUT2D eigenvalue weighted by Gasteiger charge is 2.13. The Morgan fingerprint density at radius 1 is 1.26 bits per heavy atom. The number of aromatic amines is 1. The number of H-pyrrole nitrogens is 1. The zero-order valence-corrected chi connectivity index (χ0v) is 15.7. The van der Waals surface area contributed by atoms with Crippen molar-refractivity contribution in [1.82, 2.24) is 10.3 Å². The van der Waals surface area contributed by atoms with Crippen LogP contribution in [0.25, 0.3) is 17.0 Å². The molecule has 0 fully saturated rings. The summed E-state index contributed by atoms with van der Waals surface area (Å²) in [6, 6.07) is 10.7. The molecule has 2 aromatic carbocycles. The van der Waals surface area contributed by atoms with Crippen LogP contribution < -0.4 is 10.1 Å². The average Bonchev–Trinajstić information content (AvgIpc) is 3.01. The van der Waals surface area contributed by atoms with E-state index in [1.165, 1.54) is 12.1 Å². The van der Waals surface area contributed by atoms with Crippen molar-refractivity contribution in [2.75, 3.05) is 13.7 Å². The van der Waals surface area contributed by atoms with Gasteiger partial charge in [0.15, 0.2) is 0 Å². The Morgan fingerprint density at radius 2 is 2.07 bits per heavy atom. The molecular weight excluding hydrogens is 343 g/mol. The van der Waals surface area contributed by atoms with Gasteiger partial charge in [0, 0.05) is 23.7 Å². The maximum absolute atomic E-state index is 14.0. The molecule has 1 aromatic heterocycles. The molecule has 0 aliphatic carbocycles. The van der Waals surface area contributed by atoms with Crippen molar-refractivity contribution in [2.45, 2.75) is 20.3 Å². The molecule has 0 atom stereocenters. The average molecular weight is 366 g/mol. The Morgan fingerprint density at radius 3 is 2.85 bits per heavy atom. The van der Waals surface area contributed by atoms with Gasteiger partial charge in [-0.05, 0) is 61.2 Å². The molecular formula is C22H23FN2O2. The smallest absolute Gasteiger partial charge is 0.244 e. The minimum atomic E-state index is -0.254. The lowest BCUT2D eigenvalue weighted by Gasteiger charge is -2.05. The number of methoxy groups -OCH3 is 1. The lowest BCUT2D eigenvalue weighted by atomic mass is 10.0. The lowest BCUT2D eigenvalue weighted by Crippen LogP contribution is -2.23. The molecule has 0 aliphatic heterocycles. The highest BCUT2D eigenvalue weighted by molar-refractivity contribution is 5.92. The van der Waals surface area contributed by atoms with Gasteiger partial charge in [0.25, 0.3) is 0 Å². The standard InChI is InChI=1S/C22H23FN2O2/c1-14-7-9-19(23)22-21(14)18(15(2)25-22)11-12-24-20(26)10-8-16-5-4-6-17(13-16)27-3/h4-10,13,25H,11-12H2,1-3H3,(H,24,26)/b10-8+. The van der Waals surface area contributed by atoms with E-state index in [4.69, 9.17) is 4.74 Å². The summed E-state index contributed by atoms with van der Waals surface area (Å²) in [5.74, 6) is 0.323. The first-order valence-corrected chi connectivity index (χ1v) is 8.86. The van der Waals surface area contributed by atoms with Gasteiger partial charge in [-0.1, -0.05) is 18.2 Å². The largest absolute Gasteiger partial charge is 0.497 e. The number of halogens is 1. The van der Waals surface area contributed by atoms with E-state index in [0.717, 1.165) is 33.5 Å². The fourth-order valence-corrected chi connectivity index (χ4v) is 3.24. The number of nitrogens with one attached hydrogen (secondary N) is 2. The molecule has 0 saturated carbocycles. The Bertz CT molecular complexity index is 1000. The van der Waals surface area contributed by atoms with Crippen LogP contribution in [-0.4, -0.2) is 24.5 Å². The maximum atomic E-state index is 14.0. The van der Waals surface area contributed by atoms with Crippen molar-refractivity contribution in [2.24, 2.45) is 0 Å². The summed E-state index contributed by atoms with van der Waals surface area (Å²) >= 11 is 0. The van der Waals surface area contributed by atoms with Crippen molar-refractivity contribution in [3.8, 4) is 5.75 Å². The second kappa shape index (κ2) is 8.08. The van der Waals surface area contributed by atoms with Crippen molar-refractivity contribution in [3.63, 3.8) is 0 Å². The summed E-state index contributed by atoms with van der Waals surface area (Å²) < 4.78 is 19.2. The molecule has 140 valence electrons. The quantitative estimate of drug-likeness (QED) is 0.639. The van der Waals surface area contributed by atoms with Crippen LogP contribution in [0.4, 0.5) is 4.39 Å². The minimum absolute atomic E-state index is 0.168. The summed E-state index contributed by atoms with van der Waals surface area (Å²) in [5.41, 5.74) is 4.42. The van der Waals surface area contributed by atoms with Crippen LogP contribution >= 0.6 is 0 Å². The van der Waals surface area contributed by atoms with Gasteiger partial charge < -0.3 is 15.0 Å². The third kappa shape index (κ3) is 4.19. The number of benzene rings is 2. The van der Waals surface area contributed by atoms with Gasteiger partial charge in [-0.15, -0.1) is 0 Å². The molecule has 0 saturated heterocycles. The molecule has 0 unspecified atom stereocenters. The molecule has 3 aromatic rings. The predicted octanol–water partition coefficient (Wildman–Crippen LogP) is 4.30. The molecule has 0 radical (unpaired) electrons. The number of aryl methyl sites for hydroxylation is 2. The van der Waals surface area contributed by atoms with Gasteiger partial charge in [-0.25, -0.2) is 4.39 Å². The van der Waals surface area contributed by atoms with Crippen LogP contribution in [-0.2, 0) is 11.2 Å². The highest BCUT2D eigenvalue weighted by Crippen LogP contribution is 2.27. The first-order valence-electron chi connectivity index (χ1n) is 8.86. The summed E-state index contributed by atoms with van der Waals surface area (Å²) in [4.78, 5) is 15.2. The van der Waals surface area contributed by atoms with E-state index in [2.05, 4.69) is 10.3 Å². The van der Waals surface area contributed by atoms with Crippen molar-refractivity contribution in [1.29, 1.82) is 0 Å². The number of fused-ring (bicyclic) bond motifs is 1. The number of ether oxygens (including phenoxy) is 1. The first kappa shape index (κ1) is 18.7. The van der Waals surface area contributed by atoms with E-state index in [1.807, 2.05) is 38.1 Å². The van der Waals surface area contributed by atoms with Crippen LogP contribution in [0.5, 0.6) is 5.75 Å². The number of carbonyl (C=O) groups excluding carboxylic acids is 1. The highest BCUT2D eigenvalue weighted by atomic mass is 19.1. The Hall–Kier alpha value is -3.08. The van der Waals surface area contributed by atoms with Crippen molar-refractivity contribution < 1.29 is 13.9 Å². The molecule has 0 bridgehead atoms. The number of aromatic nitrogens is 1. The van der Waals surface area contributed by atoms with Gasteiger partial charge in [0.2, 0.25) is 5.91 Å². The van der Waals surface area contributed by atoms with Crippen LogP contribution in [0.15, 0.2) is 42.5 Å². The summed E-state index contributed by atoms with van der Waals surface area (Å²) in [6.45, 7) is 4.37. The van der Waals surface area contributed by atoms with Crippen molar-refractivity contribution in [3.05, 3.63) is 70.7 Å². The number of hydrogen-bond donors (Lipinski definition) is 2. The van der Waals surface area contributed by atoms with E-state index < -0.39 is 0 Å². The molecule has 1 heterocycles.